The zero-order valence-corrected chi connectivity index (χ0v) is 8.79. The third-order valence-electron chi connectivity index (χ3n) is 1.64. The molecule has 1 rings (SSSR count). The van der Waals surface area contributed by atoms with E-state index in [2.05, 4.69) is 22.0 Å². The fourth-order valence-electron chi connectivity index (χ4n) is 0.959. The Kier molecular flexibility index (Phi) is 3.83. The van der Waals surface area contributed by atoms with E-state index < -0.39 is 0 Å². The van der Waals surface area contributed by atoms with Crippen LogP contribution in [-0.4, -0.2) is 10.4 Å². The van der Waals surface area contributed by atoms with Gasteiger partial charge in [-0.3, -0.25) is 0 Å². The van der Waals surface area contributed by atoms with Crippen molar-refractivity contribution in [3.8, 4) is 5.75 Å². The van der Waals surface area contributed by atoms with E-state index in [9.17, 15) is 0 Å². The molecule has 70 valence electrons. The standard InChI is InChI=1S/C10H12BrNO/c11-6-2-1-3-8-4-5-10(13)9(12)7-8/h1,3-5,7,13H,2,6,12H2. The Morgan fingerprint density at radius 1 is 1.46 bits per heavy atom. The van der Waals surface area contributed by atoms with Crippen molar-refractivity contribution in [1.82, 2.24) is 0 Å². The smallest absolute Gasteiger partial charge is 0.138 e. The Balaban J connectivity index is 2.73. The number of allylic oxidation sites excluding steroid dienone is 1. The number of halogens is 1. The zero-order valence-electron chi connectivity index (χ0n) is 7.20. The average molecular weight is 242 g/mol. The van der Waals surface area contributed by atoms with Crippen molar-refractivity contribution in [2.24, 2.45) is 0 Å². The van der Waals surface area contributed by atoms with E-state index in [1.54, 1.807) is 12.1 Å². The summed E-state index contributed by atoms with van der Waals surface area (Å²) in [6.07, 6.45) is 5.03. The zero-order chi connectivity index (χ0) is 9.68. The lowest BCUT2D eigenvalue weighted by Crippen LogP contribution is -1.85. The van der Waals surface area contributed by atoms with Gasteiger partial charge in [-0.15, -0.1) is 0 Å². The molecule has 1 aromatic rings. The molecule has 0 atom stereocenters. The first-order chi connectivity index (χ1) is 6.24. The van der Waals surface area contributed by atoms with Crippen LogP contribution in [0.25, 0.3) is 6.08 Å². The van der Waals surface area contributed by atoms with Crippen LogP contribution in [0.15, 0.2) is 24.3 Å². The van der Waals surface area contributed by atoms with E-state index in [0.717, 1.165) is 17.3 Å². The number of rotatable bonds is 3. The molecule has 0 aliphatic heterocycles. The highest BCUT2D eigenvalue weighted by Gasteiger charge is 1.94. The van der Waals surface area contributed by atoms with E-state index >= 15 is 0 Å². The summed E-state index contributed by atoms with van der Waals surface area (Å²) in [4.78, 5) is 0. The van der Waals surface area contributed by atoms with Crippen molar-refractivity contribution in [1.29, 1.82) is 0 Å². The van der Waals surface area contributed by atoms with Crippen LogP contribution in [-0.2, 0) is 0 Å². The lowest BCUT2D eigenvalue weighted by molar-refractivity contribution is 0.478. The predicted molar refractivity (Wildman–Crippen MR) is 60.0 cm³/mol. The minimum Gasteiger partial charge on any atom is -0.506 e. The molecule has 0 radical (unpaired) electrons. The van der Waals surface area contributed by atoms with Crippen molar-refractivity contribution in [3.05, 3.63) is 29.8 Å². The molecule has 2 nitrogen and oxygen atoms in total. The van der Waals surface area contributed by atoms with Gasteiger partial charge in [0, 0.05) is 5.33 Å². The second-order valence-corrected chi connectivity index (χ2v) is 3.49. The normalized spacial score (nSPS) is 10.8. The van der Waals surface area contributed by atoms with Gasteiger partial charge in [-0.05, 0) is 24.1 Å². The molecule has 0 fully saturated rings. The molecule has 3 N–H and O–H groups in total. The molecule has 13 heavy (non-hydrogen) atoms. The molecule has 0 unspecified atom stereocenters. The summed E-state index contributed by atoms with van der Waals surface area (Å²) in [5.41, 5.74) is 6.96. The van der Waals surface area contributed by atoms with E-state index in [1.807, 2.05) is 12.1 Å². The first kappa shape index (κ1) is 10.1. The number of hydrogen-bond donors (Lipinski definition) is 2. The number of benzene rings is 1. The molecule has 0 spiro atoms. The Hall–Kier alpha value is -0.960. The van der Waals surface area contributed by atoms with Crippen molar-refractivity contribution in [3.63, 3.8) is 0 Å². The maximum atomic E-state index is 9.16. The van der Waals surface area contributed by atoms with Gasteiger partial charge in [0.1, 0.15) is 5.75 Å². The van der Waals surface area contributed by atoms with E-state index in [0.29, 0.717) is 5.69 Å². The predicted octanol–water partition coefficient (Wildman–Crippen LogP) is 2.77. The number of phenolic OH excluding ortho intramolecular Hbond substituents is 1. The van der Waals surface area contributed by atoms with Gasteiger partial charge in [0.15, 0.2) is 0 Å². The molecule has 3 heteroatoms. The van der Waals surface area contributed by atoms with Gasteiger partial charge in [0.25, 0.3) is 0 Å². The SMILES string of the molecule is Nc1cc(C=CCCBr)ccc1O. The minimum atomic E-state index is 0.137. The molecule has 0 saturated heterocycles. The third kappa shape index (κ3) is 3.11. The Morgan fingerprint density at radius 3 is 2.85 bits per heavy atom. The van der Waals surface area contributed by atoms with Crippen LogP contribution in [0.3, 0.4) is 0 Å². The maximum absolute atomic E-state index is 9.16. The van der Waals surface area contributed by atoms with Gasteiger partial charge < -0.3 is 10.8 Å². The second-order valence-electron chi connectivity index (χ2n) is 2.70. The van der Waals surface area contributed by atoms with Crippen LogP contribution in [0, 0.1) is 0 Å². The molecule has 0 bridgehead atoms. The van der Waals surface area contributed by atoms with E-state index in [4.69, 9.17) is 10.8 Å². The highest BCUT2D eigenvalue weighted by atomic mass is 79.9. The highest BCUT2D eigenvalue weighted by molar-refractivity contribution is 9.09. The molecular formula is C10H12BrNO. The lowest BCUT2D eigenvalue weighted by Gasteiger charge is -1.99. The van der Waals surface area contributed by atoms with Gasteiger partial charge in [-0.25, -0.2) is 0 Å². The topological polar surface area (TPSA) is 46.2 Å². The largest absolute Gasteiger partial charge is 0.506 e. The Bertz CT molecular complexity index is 310. The summed E-state index contributed by atoms with van der Waals surface area (Å²) in [6.45, 7) is 0. The Morgan fingerprint density at radius 2 is 2.23 bits per heavy atom. The number of anilines is 1. The number of phenols is 1. The van der Waals surface area contributed by atoms with Gasteiger partial charge in [0.2, 0.25) is 0 Å². The van der Waals surface area contributed by atoms with Crippen molar-refractivity contribution < 1.29 is 5.11 Å². The van der Waals surface area contributed by atoms with Crippen LogP contribution in [0.4, 0.5) is 5.69 Å². The third-order valence-corrected chi connectivity index (χ3v) is 2.10. The van der Waals surface area contributed by atoms with Crippen molar-refractivity contribution in [2.75, 3.05) is 11.1 Å². The average Bonchev–Trinajstić information content (AvgIpc) is 2.12. The summed E-state index contributed by atoms with van der Waals surface area (Å²) in [5, 5.41) is 10.1. The van der Waals surface area contributed by atoms with Crippen molar-refractivity contribution >= 4 is 27.7 Å². The molecule has 1 aromatic carbocycles. The summed E-state index contributed by atoms with van der Waals surface area (Å²) < 4.78 is 0. The quantitative estimate of drug-likeness (QED) is 0.486. The molecule has 0 aliphatic carbocycles. The molecule has 0 amide bonds. The maximum Gasteiger partial charge on any atom is 0.138 e. The van der Waals surface area contributed by atoms with Crippen LogP contribution >= 0.6 is 15.9 Å². The lowest BCUT2D eigenvalue weighted by atomic mass is 10.1. The molecular weight excluding hydrogens is 230 g/mol. The number of aromatic hydroxyl groups is 1. The van der Waals surface area contributed by atoms with Gasteiger partial charge in [-0.2, -0.15) is 0 Å². The highest BCUT2D eigenvalue weighted by Crippen LogP contribution is 2.21. The first-order valence-corrected chi connectivity index (χ1v) is 5.17. The van der Waals surface area contributed by atoms with Gasteiger partial charge >= 0.3 is 0 Å². The number of hydrogen-bond acceptors (Lipinski definition) is 2. The van der Waals surface area contributed by atoms with Gasteiger partial charge in [-0.1, -0.05) is 34.1 Å². The van der Waals surface area contributed by atoms with Gasteiger partial charge in [0.05, 0.1) is 5.69 Å². The summed E-state index contributed by atoms with van der Waals surface area (Å²) >= 11 is 3.33. The molecule has 0 aromatic heterocycles. The first-order valence-electron chi connectivity index (χ1n) is 4.05. The van der Waals surface area contributed by atoms with Crippen LogP contribution in [0.2, 0.25) is 0 Å². The molecule has 0 aliphatic rings. The Labute approximate surface area is 86.2 Å². The van der Waals surface area contributed by atoms with Crippen LogP contribution in [0.5, 0.6) is 5.75 Å². The fraction of sp³-hybridized carbons (Fsp3) is 0.200. The molecule has 0 saturated carbocycles. The monoisotopic (exact) mass is 241 g/mol. The number of nitrogen functional groups attached to an aromatic ring is 1. The summed E-state index contributed by atoms with van der Waals surface area (Å²) in [7, 11) is 0. The molecule has 0 heterocycles. The number of nitrogens with two attached hydrogens (primary N) is 1. The van der Waals surface area contributed by atoms with Crippen molar-refractivity contribution in [2.45, 2.75) is 6.42 Å². The fourth-order valence-corrected chi connectivity index (χ4v) is 1.22. The van der Waals surface area contributed by atoms with E-state index in [1.165, 1.54) is 0 Å². The van der Waals surface area contributed by atoms with Crippen LogP contribution in [0.1, 0.15) is 12.0 Å². The number of alkyl halides is 1. The van der Waals surface area contributed by atoms with E-state index in [-0.39, 0.29) is 5.75 Å². The van der Waals surface area contributed by atoms with Crippen LogP contribution < -0.4 is 5.73 Å². The second kappa shape index (κ2) is 4.92. The summed E-state index contributed by atoms with van der Waals surface area (Å²) in [6, 6.07) is 5.18. The minimum absolute atomic E-state index is 0.137. The summed E-state index contributed by atoms with van der Waals surface area (Å²) in [5.74, 6) is 0.137.